The van der Waals surface area contributed by atoms with E-state index in [4.69, 9.17) is 0 Å². The SMILES string of the molecule is COC(=O)C(O)C(O)c1cn(C)cn1. The normalized spacial score (nSPS) is 14.9. The molecule has 2 atom stereocenters. The van der Waals surface area contributed by atoms with Crippen LogP contribution < -0.4 is 0 Å². The standard InChI is InChI=1S/C8H12N2O4/c1-10-3-5(9-4-10)6(11)7(12)8(13)14-2/h3-4,6-7,11-12H,1-2H3. The Morgan fingerprint density at radius 1 is 1.64 bits per heavy atom. The first-order valence-electron chi connectivity index (χ1n) is 3.98. The molecular formula is C8H12N2O4. The van der Waals surface area contributed by atoms with E-state index in [1.54, 1.807) is 11.6 Å². The average molecular weight is 200 g/mol. The zero-order valence-electron chi connectivity index (χ0n) is 7.91. The van der Waals surface area contributed by atoms with Gasteiger partial charge >= 0.3 is 5.97 Å². The molecule has 78 valence electrons. The van der Waals surface area contributed by atoms with E-state index in [1.807, 2.05) is 0 Å². The monoisotopic (exact) mass is 200 g/mol. The summed E-state index contributed by atoms with van der Waals surface area (Å²) in [6.07, 6.45) is 0.0119. The number of methoxy groups -OCH3 is 1. The van der Waals surface area contributed by atoms with Gasteiger partial charge in [-0.1, -0.05) is 0 Å². The molecule has 0 fully saturated rings. The van der Waals surface area contributed by atoms with Gasteiger partial charge in [0.2, 0.25) is 0 Å². The van der Waals surface area contributed by atoms with Crippen molar-refractivity contribution in [2.24, 2.45) is 7.05 Å². The zero-order valence-corrected chi connectivity index (χ0v) is 7.91. The fraction of sp³-hybridized carbons (Fsp3) is 0.500. The third kappa shape index (κ3) is 2.09. The molecule has 0 aliphatic heterocycles. The Kier molecular flexibility index (Phi) is 3.21. The lowest BCUT2D eigenvalue weighted by atomic mass is 10.1. The number of nitrogens with zero attached hydrogens (tertiary/aromatic N) is 2. The lowest BCUT2D eigenvalue weighted by molar-refractivity contribution is -0.157. The minimum atomic E-state index is -1.60. The number of aliphatic hydroxyl groups excluding tert-OH is 2. The smallest absolute Gasteiger partial charge is 0.337 e. The van der Waals surface area contributed by atoms with E-state index in [-0.39, 0.29) is 5.69 Å². The topological polar surface area (TPSA) is 84.6 Å². The second-order valence-corrected chi connectivity index (χ2v) is 2.88. The van der Waals surface area contributed by atoms with Crippen LogP contribution >= 0.6 is 0 Å². The van der Waals surface area contributed by atoms with Crippen molar-refractivity contribution in [3.8, 4) is 0 Å². The van der Waals surface area contributed by atoms with Crippen LogP contribution in [0.25, 0.3) is 0 Å². The quantitative estimate of drug-likeness (QED) is 0.610. The summed E-state index contributed by atoms with van der Waals surface area (Å²) in [6.45, 7) is 0. The second kappa shape index (κ2) is 4.21. The number of carbonyl (C=O) groups is 1. The number of aromatic nitrogens is 2. The van der Waals surface area contributed by atoms with Crippen LogP contribution in [0, 0.1) is 0 Å². The number of aliphatic hydroxyl groups is 2. The molecule has 1 rings (SSSR count). The molecule has 14 heavy (non-hydrogen) atoms. The lowest BCUT2D eigenvalue weighted by Crippen LogP contribution is -2.29. The Bertz CT molecular complexity index is 323. The average Bonchev–Trinajstić information content (AvgIpc) is 2.61. The predicted molar refractivity (Wildman–Crippen MR) is 46.2 cm³/mol. The highest BCUT2D eigenvalue weighted by atomic mass is 16.5. The van der Waals surface area contributed by atoms with E-state index in [0.29, 0.717) is 0 Å². The molecular weight excluding hydrogens is 188 g/mol. The van der Waals surface area contributed by atoms with Crippen molar-refractivity contribution in [1.29, 1.82) is 0 Å². The summed E-state index contributed by atoms with van der Waals surface area (Å²) in [4.78, 5) is 14.7. The Hall–Kier alpha value is -1.40. The third-order valence-corrected chi connectivity index (χ3v) is 1.77. The molecule has 0 radical (unpaired) electrons. The molecule has 6 nitrogen and oxygen atoms in total. The molecule has 0 aliphatic rings. The van der Waals surface area contributed by atoms with Gasteiger partial charge in [-0.25, -0.2) is 9.78 Å². The Labute approximate surface area is 80.8 Å². The Morgan fingerprint density at radius 3 is 2.71 bits per heavy atom. The molecule has 6 heteroatoms. The molecule has 2 unspecified atom stereocenters. The molecule has 0 aromatic carbocycles. The van der Waals surface area contributed by atoms with E-state index in [2.05, 4.69) is 9.72 Å². The van der Waals surface area contributed by atoms with Gasteiger partial charge < -0.3 is 19.5 Å². The van der Waals surface area contributed by atoms with Crippen LogP contribution in [0.1, 0.15) is 11.8 Å². The highest BCUT2D eigenvalue weighted by molar-refractivity contribution is 5.75. The van der Waals surface area contributed by atoms with Crippen molar-refractivity contribution in [3.63, 3.8) is 0 Å². The second-order valence-electron chi connectivity index (χ2n) is 2.88. The molecule has 2 N–H and O–H groups in total. The number of esters is 1. The molecule has 0 spiro atoms. The number of ether oxygens (including phenoxy) is 1. The summed E-state index contributed by atoms with van der Waals surface area (Å²) in [5, 5.41) is 18.8. The maximum absolute atomic E-state index is 10.9. The number of carbonyl (C=O) groups excluding carboxylic acids is 1. The molecule has 1 aromatic heterocycles. The Morgan fingerprint density at radius 2 is 2.29 bits per heavy atom. The van der Waals surface area contributed by atoms with Gasteiger partial charge in [0.05, 0.1) is 19.1 Å². The fourth-order valence-electron chi connectivity index (χ4n) is 0.997. The van der Waals surface area contributed by atoms with E-state index in [1.165, 1.54) is 12.5 Å². The lowest BCUT2D eigenvalue weighted by Gasteiger charge is -2.12. The first kappa shape index (κ1) is 10.7. The number of hydrogen-bond acceptors (Lipinski definition) is 5. The van der Waals surface area contributed by atoms with Crippen molar-refractivity contribution >= 4 is 5.97 Å². The van der Waals surface area contributed by atoms with Crippen molar-refractivity contribution in [2.75, 3.05) is 7.11 Å². The number of hydrogen-bond donors (Lipinski definition) is 2. The number of rotatable bonds is 3. The number of aryl methyl sites for hydroxylation is 1. The number of imidazole rings is 1. The van der Waals surface area contributed by atoms with Gasteiger partial charge in [0.15, 0.2) is 6.10 Å². The van der Waals surface area contributed by atoms with Gasteiger partial charge in [0.25, 0.3) is 0 Å². The molecule has 0 aliphatic carbocycles. The third-order valence-electron chi connectivity index (χ3n) is 1.77. The van der Waals surface area contributed by atoms with Crippen LogP contribution in [-0.2, 0) is 16.6 Å². The summed E-state index contributed by atoms with van der Waals surface area (Å²) in [7, 11) is 2.85. The van der Waals surface area contributed by atoms with Gasteiger partial charge in [-0.15, -0.1) is 0 Å². The Balaban J connectivity index is 2.74. The molecule has 1 heterocycles. The van der Waals surface area contributed by atoms with Crippen LogP contribution in [0.3, 0.4) is 0 Å². The van der Waals surface area contributed by atoms with Crippen LogP contribution in [0.4, 0.5) is 0 Å². The first-order chi connectivity index (χ1) is 6.56. The van der Waals surface area contributed by atoms with Gasteiger partial charge in [-0.2, -0.15) is 0 Å². The molecule has 0 saturated heterocycles. The van der Waals surface area contributed by atoms with Crippen LogP contribution in [-0.4, -0.2) is 38.9 Å². The van der Waals surface area contributed by atoms with Crippen LogP contribution in [0.5, 0.6) is 0 Å². The summed E-state index contributed by atoms with van der Waals surface area (Å²) >= 11 is 0. The fourth-order valence-corrected chi connectivity index (χ4v) is 0.997. The van der Waals surface area contributed by atoms with E-state index < -0.39 is 18.2 Å². The molecule has 0 amide bonds. The summed E-state index contributed by atoms with van der Waals surface area (Å²) in [6, 6.07) is 0. The predicted octanol–water partition coefficient (Wildman–Crippen LogP) is -1.01. The van der Waals surface area contributed by atoms with Gasteiger partial charge in [0, 0.05) is 13.2 Å². The first-order valence-corrected chi connectivity index (χ1v) is 3.98. The molecule has 1 aromatic rings. The summed E-state index contributed by atoms with van der Waals surface area (Å²) < 4.78 is 5.88. The van der Waals surface area contributed by atoms with Crippen LogP contribution in [0.2, 0.25) is 0 Å². The van der Waals surface area contributed by atoms with Crippen molar-refractivity contribution in [1.82, 2.24) is 9.55 Å². The van der Waals surface area contributed by atoms with Crippen molar-refractivity contribution < 1.29 is 19.7 Å². The summed E-state index contributed by atoms with van der Waals surface area (Å²) in [5.41, 5.74) is 0.227. The van der Waals surface area contributed by atoms with Gasteiger partial charge in [0.1, 0.15) is 6.10 Å². The highest BCUT2D eigenvalue weighted by Crippen LogP contribution is 2.14. The maximum atomic E-state index is 10.9. The van der Waals surface area contributed by atoms with Gasteiger partial charge in [-0.05, 0) is 0 Å². The van der Waals surface area contributed by atoms with E-state index in [0.717, 1.165) is 7.11 Å². The van der Waals surface area contributed by atoms with Crippen molar-refractivity contribution in [2.45, 2.75) is 12.2 Å². The minimum absolute atomic E-state index is 0.227. The van der Waals surface area contributed by atoms with E-state index in [9.17, 15) is 15.0 Å². The maximum Gasteiger partial charge on any atom is 0.337 e. The van der Waals surface area contributed by atoms with Crippen molar-refractivity contribution in [3.05, 3.63) is 18.2 Å². The minimum Gasteiger partial charge on any atom is -0.467 e. The molecule has 0 saturated carbocycles. The highest BCUT2D eigenvalue weighted by Gasteiger charge is 2.27. The largest absolute Gasteiger partial charge is 0.467 e. The molecule has 0 bridgehead atoms. The summed E-state index contributed by atoms with van der Waals surface area (Å²) in [5.74, 6) is -0.886. The zero-order chi connectivity index (χ0) is 10.7. The van der Waals surface area contributed by atoms with Crippen LogP contribution in [0.15, 0.2) is 12.5 Å². The van der Waals surface area contributed by atoms with Gasteiger partial charge in [-0.3, -0.25) is 0 Å². The van der Waals surface area contributed by atoms with E-state index >= 15 is 0 Å².